The van der Waals surface area contributed by atoms with Gasteiger partial charge in [-0.15, -0.1) is 4.33 Å². The maximum absolute atomic E-state index is 12.7. The van der Waals surface area contributed by atoms with Crippen LogP contribution in [0.15, 0.2) is 103 Å². The molecule has 0 spiro atoms. The fourth-order valence-corrected chi connectivity index (χ4v) is 4.09. The van der Waals surface area contributed by atoms with Crippen LogP contribution in [0.2, 0.25) is 0 Å². The van der Waals surface area contributed by atoms with E-state index in [2.05, 4.69) is 40.5 Å². The first-order chi connectivity index (χ1) is 20.9. The lowest BCUT2D eigenvalue weighted by molar-refractivity contribution is -0.432. The van der Waals surface area contributed by atoms with Crippen molar-refractivity contribution in [1.29, 1.82) is 0 Å². The first-order valence-electron chi connectivity index (χ1n) is 12.2. The van der Waals surface area contributed by atoms with E-state index in [4.69, 9.17) is 9.81 Å². The van der Waals surface area contributed by atoms with Crippen LogP contribution in [-0.4, -0.2) is 53.7 Å². The molecule has 44 heavy (non-hydrogen) atoms. The summed E-state index contributed by atoms with van der Waals surface area (Å²) in [4.78, 5) is 49.7. The van der Waals surface area contributed by atoms with Crippen molar-refractivity contribution in [3.05, 3.63) is 72.8 Å². The van der Waals surface area contributed by atoms with Gasteiger partial charge >= 0.3 is 0 Å². The molecule has 18 heteroatoms. The molecule has 0 aromatic heterocycles. The van der Waals surface area contributed by atoms with Gasteiger partial charge in [-0.3, -0.25) is 23.7 Å². The lowest BCUT2D eigenvalue weighted by atomic mass is 10.2. The minimum atomic E-state index is -4.40. The summed E-state index contributed by atoms with van der Waals surface area (Å²) >= 11 is 0.742. The third-order valence-corrected chi connectivity index (χ3v) is 6.86. The van der Waals surface area contributed by atoms with E-state index >= 15 is 0 Å². The minimum absolute atomic E-state index is 0.136. The van der Waals surface area contributed by atoms with E-state index in [0.29, 0.717) is 10.6 Å². The third kappa shape index (κ3) is 10.2. The standard InChI is InChI=1S/C26H24N6O10S2/c1-15(33)23(31-29-19-7-11-21(12-8-19)43-42-41-37)25(35)27-17-3-5-18(6-4-17)28-26(36)24(16(2)34)32-30-20-9-13-22(14-10-20)44(38,39)40/h3-14,23-24,37H,1-2H3,(H,27,35)(H,28,36)(H,38,39,40). The second-order valence-corrected chi connectivity index (χ2v) is 10.9. The van der Waals surface area contributed by atoms with E-state index < -0.39 is 45.6 Å². The van der Waals surface area contributed by atoms with Gasteiger partial charge in [-0.1, -0.05) is 5.04 Å². The molecule has 0 aliphatic rings. The van der Waals surface area contributed by atoms with E-state index in [1.54, 1.807) is 12.1 Å². The molecule has 3 aromatic rings. The molecule has 0 saturated heterocycles. The van der Waals surface area contributed by atoms with Crippen molar-refractivity contribution in [1.82, 2.24) is 0 Å². The molecule has 4 N–H and O–H groups in total. The van der Waals surface area contributed by atoms with Gasteiger partial charge < -0.3 is 10.6 Å². The highest BCUT2D eigenvalue weighted by Gasteiger charge is 2.25. The summed E-state index contributed by atoms with van der Waals surface area (Å²) in [6.45, 7) is 2.33. The predicted molar refractivity (Wildman–Crippen MR) is 155 cm³/mol. The topological polar surface area (TPSA) is 235 Å². The number of amides is 2. The van der Waals surface area contributed by atoms with E-state index in [1.807, 2.05) is 0 Å². The van der Waals surface area contributed by atoms with Gasteiger partial charge in [0.05, 0.1) is 28.3 Å². The summed E-state index contributed by atoms with van der Waals surface area (Å²) in [5.41, 5.74) is 1.01. The zero-order chi connectivity index (χ0) is 32.3. The van der Waals surface area contributed by atoms with Crippen LogP contribution < -0.4 is 10.6 Å². The number of hydrogen-bond acceptors (Lipinski definition) is 14. The molecule has 3 rings (SSSR count). The highest BCUT2D eigenvalue weighted by molar-refractivity contribution is 7.94. The molecule has 2 atom stereocenters. The van der Waals surface area contributed by atoms with Crippen LogP contribution in [0.25, 0.3) is 0 Å². The Bertz CT molecular complexity index is 1660. The fraction of sp³-hybridized carbons (Fsp3) is 0.154. The van der Waals surface area contributed by atoms with Crippen molar-refractivity contribution in [3.63, 3.8) is 0 Å². The molecule has 0 radical (unpaired) electrons. The van der Waals surface area contributed by atoms with Crippen molar-refractivity contribution >= 4 is 68.3 Å². The summed E-state index contributed by atoms with van der Waals surface area (Å²) in [6.07, 6.45) is 0. The van der Waals surface area contributed by atoms with Crippen LogP contribution in [0.5, 0.6) is 0 Å². The molecule has 2 amide bonds. The summed E-state index contributed by atoms with van der Waals surface area (Å²) < 4.78 is 35.7. The number of nitrogens with zero attached hydrogens (tertiary/aromatic N) is 4. The molecule has 0 aliphatic heterocycles. The summed E-state index contributed by atoms with van der Waals surface area (Å²) in [7, 11) is -4.40. The molecule has 0 aliphatic carbocycles. The number of hydrogen-bond donors (Lipinski definition) is 4. The summed E-state index contributed by atoms with van der Waals surface area (Å²) in [5, 5.41) is 32.1. The number of azo groups is 2. The lowest BCUT2D eigenvalue weighted by Crippen LogP contribution is -2.32. The molecule has 0 saturated carbocycles. The van der Waals surface area contributed by atoms with Crippen LogP contribution >= 0.6 is 12.0 Å². The lowest BCUT2D eigenvalue weighted by Gasteiger charge is -2.12. The van der Waals surface area contributed by atoms with Gasteiger partial charge in [0.15, 0.2) is 11.6 Å². The highest BCUT2D eigenvalue weighted by atomic mass is 32.2. The number of Topliss-reactive ketones (excluding diaryl/α,β-unsaturated/α-hetero) is 2. The largest absolute Gasteiger partial charge is 0.324 e. The van der Waals surface area contributed by atoms with Crippen LogP contribution in [-0.2, 0) is 38.7 Å². The highest BCUT2D eigenvalue weighted by Crippen LogP contribution is 2.23. The SMILES string of the molecule is CC(=O)C(N=Nc1ccc(SOOO)cc1)C(=O)Nc1ccc(NC(=O)C(N=Nc2ccc(S(=O)(=O)O)cc2)C(C)=O)cc1. The molecule has 0 bridgehead atoms. The van der Waals surface area contributed by atoms with E-state index in [-0.39, 0.29) is 22.0 Å². The van der Waals surface area contributed by atoms with Gasteiger partial charge in [-0.05, 0) is 86.6 Å². The Hall–Kier alpha value is -4.72. The van der Waals surface area contributed by atoms with Gasteiger partial charge in [0.25, 0.3) is 21.9 Å². The smallest absolute Gasteiger partial charge is 0.294 e. The number of anilines is 2. The molecule has 16 nitrogen and oxygen atoms in total. The van der Waals surface area contributed by atoms with Gasteiger partial charge in [0.2, 0.25) is 12.1 Å². The van der Waals surface area contributed by atoms with Crippen molar-refractivity contribution in [2.24, 2.45) is 20.5 Å². The molecule has 230 valence electrons. The van der Waals surface area contributed by atoms with Crippen LogP contribution in [0.4, 0.5) is 22.7 Å². The molecule has 3 aromatic carbocycles. The number of benzene rings is 3. The second-order valence-electron chi connectivity index (χ2n) is 8.70. The molecular weight excluding hydrogens is 620 g/mol. The summed E-state index contributed by atoms with van der Waals surface area (Å²) in [6, 6.07) is 13.7. The Labute approximate surface area is 254 Å². The predicted octanol–water partition coefficient (Wildman–Crippen LogP) is 4.72. The Balaban J connectivity index is 1.61. The molecular formula is C26H24N6O10S2. The van der Waals surface area contributed by atoms with Crippen molar-refractivity contribution < 1.29 is 46.8 Å². The first-order valence-corrected chi connectivity index (χ1v) is 14.4. The van der Waals surface area contributed by atoms with Gasteiger partial charge in [-0.2, -0.15) is 28.9 Å². The maximum atomic E-state index is 12.7. The van der Waals surface area contributed by atoms with Gasteiger partial charge in [0.1, 0.15) is 0 Å². The Morgan fingerprint density at radius 1 is 0.727 bits per heavy atom. The van der Waals surface area contributed by atoms with Crippen molar-refractivity contribution in [2.75, 3.05) is 10.6 Å². The minimum Gasteiger partial charge on any atom is -0.324 e. The number of nitrogens with one attached hydrogen (secondary N) is 2. The zero-order valence-corrected chi connectivity index (χ0v) is 24.5. The average molecular weight is 645 g/mol. The van der Waals surface area contributed by atoms with Crippen LogP contribution in [0, 0.1) is 0 Å². The monoisotopic (exact) mass is 644 g/mol. The van der Waals surface area contributed by atoms with Crippen LogP contribution in [0.3, 0.4) is 0 Å². The van der Waals surface area contributed by atoms with Gasteiger partial charge in [-0.25, -0.2) is 5.26 Å². The third-order valence-electron chi connectivity index (χ3n) is 5.40. The quantitative estimate of drug-likeness (QED) is 0.0468. The normalized spacial score (nSPS) is 13.0. The fourth-order valence-electron chi connectivity index (χ4n) is 3.25. The van der Waals surface area contributed by atoms with Crippen LogP contribution in [0.1, 0.15) is 13.8 Å². The van der Waals surface area contributed by atoms with E-state index in [9.17, 15) is 27.6 Å². The van der Waals surface area contributed by atoms with Gasteiger partial charge in [0, 0.05) is 16.3 Å². The zero-order valence-electron chi connectivity index (χ0n) is 22.8. The van der Waals surface area contributed by atoms with E-state index in [0.717, 1.165) is 31.1 Å². The Morgan fingerprint density at radius 2 is 1.14 bits per heavy atom. The van der Waals surface area contributed by atoms with E-state index in [1.165, 1.54) is 55.5 Å². The number of rotatable bonds is 14. The average Bonchev–Trinajstić information content (AvgIpc) is 2.97. The Morgan fingerprint density at radius 3 is 1.50 bits per heavy atom. The Kier molecular flexibility index (Phi) is 12.0. The number of carbonyl (C=O) groups excluding carboxylic acids is 4. The molecule has 2 unspecified atom stereocenters. The maximum Gasteiger partial charge on any atom is 0.294 e. The summed E-state index contributed by atoms with van der Waals surface area (Å²) in [5.74, 6) is -2.73. The molecule has 0 fully saturated rings. The molecule has 0 heterocycles. The number of ketones is 2. The van der Waals surface area contributed by atoms with Crippen molar-refractivity contribution in [2.45, 2.75) is 35.7 Å². The second kappa shape index (κ2) is 15.7. The number of carbonyl (C=O) groups is 4. The first kappa shape index (κ1) is 33.8. The van der Waals surface area contributed by atoms with Crippen molar-refractivity contribution in [3.8, 4) is 0 Å².